The molecule has 0 heterocycles. The smallest absolute Gasteiger partial charge is 0.350 e. The van der Waals surface area contributed by atoms with Gasteiger partial charge in [-0.15, -0.1) is 0 Å². The molecule has 4 amide bonds. The lowest BCUT2D eigenvalue weighted by Crippen LogP contribution is -2.38. The molecule has 130 heavy (non-hydrogen) atoms. The van der Waals surface area contributed by atoms with E-state index in [-0.39, 0.29) is 82.5 Å². The number of hydrogen-bond acceptors (Lipinski definition) is 15. The Kier molecular flexibility index (Phi) is 43.3. The number of hydrogen-bond donors (Lipinski definition) is 14. The normalized spacial score (nSPS) is 12.4. The number of amides is 4. The van der Waals surface area contributed by atoms with Crippen molar-refractivity contribution in [3.8, 4) is 66.8 Å². The second-order valence-electron chi connectivity index (χ2n) is 35.0. The number of alkyl halides is 3. The molecule has 0 unspecified atom stereocenters. The second kappa shape index (κ2) is 53.4. The van der Waals surface area contributed by atoms with Crippen molar-refractivity contribution in [2.75, 3.05) is 58.9 Å². The van der Waals surface area contributed by atoms with Crippen molar-refractivity contribution in [2.45, 2.75) is 173 Å². The van der Waals surface area contributed by atoms with Crippen molar-refractivity contribution in [3.05, 3.63) is 322 Å². The number of Topliss-reactive ketones (excluding diaryl/α,β-unsaturated/α-hetero) is 1. The van der Waals surface area contributed by atoms with Crippen LogP contribution in [0.3, 0.4) is 0 Å². The lowest BCUT2D eigenvalue weighted by molar-refractivity contribution is -0.137. The van der Waals surface area contributed by atoms with Gasteiger partial charge in [-0.05, 0) is 289 Å². The fourth-order valence-corrected chi connectivity index (χ4v) is 13.9. The van der Waals surface area contributed by atoms with Crippen LogP contribution in [0.1, 0.15) is 192 Å². The summed E-state index contributed by atoms with van der Waals surface area (Å²) in [6.07, 6.45) is 4.17. The Balaban J connectivity index is 0.000000224. The quantitative estimate of drug-likeness (QED) is 0.00986. The third-order valence-corrected chi connectivity index (χ3v) is 21.7. The number of carbonyl (C=O) groups is 5. The molecule has 0 fully saturated rings. The number of ketones is 1. The topological polar surface area (TPSA) is 394 Å². The minimum Gasteiger partial charge on any atom is -0.350 e. The molecule has 0 aromatic heterocycles. The number of unbranched alkanes of at least 4 members (excludes halogenated alkanes) is 1. The van der Waals surface area contributed by atoms with Gasteiger partial charge in [-0.3, -0.25) is 24.0 Å². The predicted molar refractivity (Wildman–Crippen MR) is 526 cm³/mol. The van der Waals surface area contributed by atoms with Crippen LogP contribution in [0.25, 0.3) is 66.8 Å². The van der Waals surface area contributed by atoms with Crippen molar-refractivity contribution in [2.24, 2.45) is 57.3 Å². The summed E-state index contributed by atoms with van der Waals surface area (Å²) in [6.45, 7) is 20.7. The van der Waals surface area contributed by atoms with Gasteiger partial charge in [0.1, 0.15) is 5.82 Å². The number of aryl methyl sites for hydroxylation is 2. The van der Waals surface area contributed by atoms with E-state index in [1.165, 1.54) is 36.2 Å². The molecule has 0 aliphatic heterocycles. The van der Waals surface area contributed by atoms with Gasteiger partial charge in [0.05, 0.1) is 5.56 Å². The Morgan fingerprint density at radius 1 is 0.292 bits per heavy atom. The highest BCUT2D eigenvalue weighted by Crippen LogP contribution is 2.36. The summed E-state index contributed by atoms with van der Waals surface area (Å²) in [7, 11) is 0. The molecule has 0 bridgehead atoms. The Morgan fingerprint density at radius 3 is 0.900 bits per heavy atom. The van der Waals surface area contributed by atoms with Crippen LogP contribution in [-0.2, 0) is 17.0 Å². The van der Waals surface area contributed by atoms with Gasteiger partial charge in [-0.25, -0.2) is 4.39 Å². The maximum atomic E-state index is 13.4. The first-order valence-electron chi connectivity index (χ1n) is 44.8. The van der Waals surface area contributed by atoms with E-state index in [1.807, 2.05) is 159 Å². The van der Waals surface area contributed by atoms with Gasteiger partial charge in [-0.1, -0.05) is 217 Å². The lowest BCUT2D eigenvalue weighted by Gasteiger charge is -2.26. The molecular weight excluding hydrogens is 1640 g/mol. The highest BCUT2D eigenvalue weighted by atomic mass is 19.4. The van der Waals surface area contributed by atoms with Crippen LogP contribution in [0.5, 0.6) is 0 Å². The van der Waals surface area contributed by atoms with Gasteiger partial charge >= 0.3 is 6.18 Å². The van der Waals surface area contributed by atoms with Crippen LogP contribution in [0.2, 0.25) is 0 Å². The molecule has 0 spiro atoms. The minimum atomic E-state index is -4.48. The minimum absolute atomic E-state index is 0.00613. The SMILES string of the molecule is CC(C)(C)c1cc(C(=O)NC[C@@H](N)CCCN)cc(C(C)(C)C)c1.Cc1cc(C(=O)NC[C@@H](N)CCN)cc(C(F)(F)F)c1.Cc1ccc(-c2cc(C(=O)NC[C@@H](N)CCCN)cc(-c3ccc(F)cc3)c2)cc1.NCCC[C@H](N)CNC(=O)c1cc(-c2ccccc2)cc(-c2ccccc2)c1.NC[C@@H](N)CCCCC(=O)c1cc(-c2ccccc2)cc(-c2ccccc2)c1. The highest BCUT2D eigenvalue weighted by molar-refractivity contribution is 6.00. The lowest BCUT2D eigenvalue weighted by atomic mass is 9.79. The zero-order chi connectivity index (χ0) is 94.9. The molecule has 11 aromatic rings. The van der Waals surface area contributed by atoms with E-state index < -0.39 is 17.6 Å². The van der Waals surface area contributed by atoms with Gasteiger partial charge in [0.15, 0.2) is 5.78 Å². The van der Waals surface area contributed by atoms with Crippen LogP contribution >= 0.6 is 0 Å². The Labute approximate surface area is 766 Å². The van der Waals surface area contributed by atoms with E-state index in [0.29, 0.717) is 87.5 Å². The molecule has 23 heteroatoms. The average Bonchev–Trinajstić information content (AvgIpc) is 0.756. The molecule has 0 saturated carbocycles. The molecule has 0 saturated heterocycles. The Bertz CT molecular complexity index is 5100. The summed E-state index contributed by atoms with van der Waals surface area (Å²) in [5.41, 5.74) is 74.9. The molecule has 19 nitrogen and oxygen atoms in total. The summed E-state index contributed by atoms with van der Waals surface area (Å²) < 4.78 is 51.4. The predicted octanol–water partition coefficient (Wildman–Crippen LogP) is 17.6. The van der Waals surface area contributed by atoms with Crippen LogP contribution in [0, 0.1) is 19.7 Å². The monoisotopic (exact) mass is 1770 g/mol. The third-order valence-electron chi connectivity index (χ3n) is 21.7. The largest absolute Gasteiger partial charge is 0.416 e. The summed E-state index contributed by atoms with van der Waals surface area (Å²) >= 11 is 0. The van der Waals surface area contributed by atoms with E-state index in [1.54, 1.807) is 12.1 Å². The molecule has 692 valence electrons. The second-order valence-corrected chi connectivity index (χ2v) is 35.0. The summed E-state index contributed by atoms with van der Waals surface area (Å²) in [5, 5.41) is 11.3. The first kappa shape index (κ1) is 105. The molecule has 11 rings (SSSR count). The van der Waals surface area contributed by atoms with Crippen LogP contribution in [0.4, 0.5) is 17.6 Å². The Hall–Kier alpha value is -11.7. The van der Waals surface area contributed by atoms with E-state index in [9.17, 15) is 41.5 Å². The maximum absolute atomic E-state index is 13.4. The van der Waals surface area contributed by atoms with Crippen molar-refractivity contribution >= 4 is 29.4 Å². The molecule has 11 aromatic carbocycles. The fourth-order valence-electron chi connectivity index (χ4n) is 13.9. The molecule has 24 N–H and O–H groups in total. The Morgan fingerprint density at radius 2 is 0.585 bits per heavy atom. The first-order chi connectivity index (χ1) is 62.0. The number of benzene rings is 11. The summed E-state index contributed by atoms with van der Waals surface area (Å²) in [5.74, 6) is -1.05. The van der Waals surface area contributed by atoms with Gasteiger partial charge in [0.2, 0.25) is 0 Å². The summed E-state index contributed by atoms with van der Waals surface area (Å²) in [6, 6.07) is 81.7. The average molecular weight is 1770 g/mol. The number of halogens is 4. The van der Waals surface area contributed by atoms with Crippen molar-refractivity contribution in [1.29, 1.82) is 0 Å². The van der Waals surface area contributed by atoms with Gasteiger partial charge in [-0.2, -0.15) is 13.2 Å². The van der Waals surface area contributed by atoms with E-state index >= 15 is 0 Å². The number of carbonyl (C=O) groups excluding carboxylic acids is 5. The highest BCUT2D eigenvalue weighted by Gasteiger charge is 2.32. The zero-order valence-electron chi connectivity index (χ0n) is 76.7. The maximum Gasteiger partial charge on any atom is 0.416 e. The van der Waals surface area contributed by atoms with Crippen LogP contribution < -0.4 is 78.6 Å². The fraction of sp³-hybridized carbons (Fsp3) is 0.336. The number of nitrogens with two attached hydrogens (primary N) is 10. The molecular formula is C107H136F4N14O5. The van der Waals surface area contributed by atoms with Gasteiger partial charge < -0.3 is 78.6 Å². The first-order valence-corrected chi connectivity index (χ1v) is 44.8. The van der Waals surface area contributed by atoms with Crippen molar-refractivity contribution < 1.29 is 41.5 Å². The number of nitrogens with one attached hydrogen (secondary N) is 4. The number of rotatable bonds is 36. The zero-order valence-corrected chi connectivity index (χ0v) is 76.7. The molecule has 5 atom stereocenters. The van der Waals surface area contributed by atoms with Crippen LogP contribution in [0.15, 0.2) is 261 Å². The van der Waals surface area contributed by atoms with E-state index in [0.717, 1.165) is 148 Å². The van der Waals surface area contributed by atoms with Crippen LogP contribution in [-0.4, -0.2) is 119 Å². The van der Waals surface area contributed by atoms with E-state index in [4.69, 9.17) is 57.3 Å². The third kappa shape index (κ3) is 36.3. The van der Waals surface area contributed by atoms with Crippen molar-refractivity contribution in [1.82, 2.24) is 21.3 Å². The van der Waals surface area contributed by atoms with Gasteiger partial charge in [0, 0.05) is 97.2 Å². The van der Waals surface area contributed by atoms with Gasteiger partial charge in [0.25, 0.3) is 23.6 Å². The van der Waals surface area contributed by atoms with Crippen molar-refractivity contribution in [3.63, 3.8) is 0 Å². The molecule has 0 aliphatic rings. The molecule has 0 aliphatic carbocycles. The van der Waals surface area contributed by atoms with E-state index in [2.05, 4.69) is 130 Å². The standard InChI is InChI=1S/C25H28FN3O.C25H28N2O.C24H27N3O.C20H35N3O.C13H18F3N3O/c1-17-4-6-18(7-5-17)20-13-21(19-8-10-23(26)11-9-19)15-22(14-20)25(30)29-16-24(28)3-2-12-27;26-18-24(27)13-7-8-14-25(28)23-16-21(19-9-3-1-4-10-19)15-22(17-23)20-11-5-2-6-12-20;25-13-7-12-23(26)17-27-24(28)22-15-20(18-8-3-1-4-9-18)14-21(16-22)19-10-5-2-6-11-19;1-19(2,3)15-10-14(11-16(12-15)20(4,5)6)18(24)23-13-17(22)8-7-9-21;1-8-4-9(6-10(5-8)13(14,15)16)12(20)19-7-11(18)2-3-17/h4-11,13-15,24H,2-3,12,16,27-28H2,1H3,(H,29,30);1-6,9-12,15-17,24H,7-8,13-14,18,26-27H2;1-6,8-11,14-16,23H,7,12-13,17,25-26H2,(H,27,28);10-12,17H,7-9,13,21-22H2,1-6H3,(H,23,24);4-6,11H,2-3,7,17-18H2,1H3,(H,19,20)/t2*24-;23-;17-;11-/m00000/s1. The summed E-state index contributed by atoms with van der Waals surface area (Å²) in [4.78, 5) is 62.9. The molecule has 0 radical (unpaired) electrons.